The van der Waals surface area contributed by atoms with Crippen LogP contribution in [-0.2, 0) is 4.74 Å². The Morgan fingerprint density at radius 3 is 2.85 bits per heavy atom. The van der Waals surface area contributed by atoms with Crippen LogP contribution in [0.15, 0.2) is 18.2 Å². The summed E-state index contributed by atoms with van der Waals surface area (Å²) in [5.74, 6) is -1.43. The minimum atomic E-state index is -0.737. The first kappa shape index (κ1) is 16.0. The summed E-state index contributed by atoms with van der Waals surface area (Å²) in [4.78, 5) is 21.8. The molecular weight excluding hydrogens is 271 g/mol. The number of hydrogen-bond acceptors (Lipinski definition) is 5. The number of ether oxygens (including phenoxy) is 1. The molecule has 20 heavy (non-hydrogen) atoms. The van der Waals surface area contributed by atoms with Crippen molar-refractivity contribution in [3.8, 4) is 0 Å². The molecule has 7 nitrogen and oxygen atoms in total. The lowest BCUT2D eigenvalue weighted by molar-refractivity contribution is -0.385. The Hall–Kier alpha value is -2.06. The van der Waals surface area contributed by atoms with Crippen LogP contribution in [-0.4, -0.2) is 42.3 Å². The number of nitrogens with zero attached hydrogens (tertiary/aromatic N) is 1. The van der Waals surface area contributed by atoms with Crippen molar-refractivity contribution in [3.63, 3.8) is 0 Å². The van der Waals surface area contributed by atoms with Crippen LogP contribution < -0.4 is 5.32 Å². The van der Waals surface area contributed by atoms with Gasteiger partial charge in [0.2, 0.25) is 0 Å². The van der Waals surface area contributed by atoms with Crippen LogP contribution in [0.25, 0.3) is 0 Å². The van der Waals surface area contributed by atoms with Crippen molar-refractivity contribution in [2.75, 3.05) is 26.4 Å². The van der Waals surface area contributed by atoms with E-state index in [1.807, 2.05) is 0 Å². The Morgan fingerprint density at radius 2 is 2.20 bits per heavy atom. The third-order valence-corrected chi connectivity index (χ3v) is 2.39. The Labute approximate surface area is 114 Å². The SMILES string of the molecule is O=C(NCCCOCCO)c1cc(F)ccc1[N+](=O)[O-]. The van der Waals surface area contributed by atoms with Crippen LogP contribution in [0.3, 0.4) is 0 Å². The minimum absolute atomic E-state index is 0.0815. The molecule has 2 N–H and O–H groups in total. The summed E-state index contributed by atoms with van der Waals surface area (Å²) in [5.41, 5.74) is -0.758. The predicted molar refractivity (Wildman–Crippen MR) is 67.9 cm³/mol. The topological polar surface area (TPSA) is 102 Å². The average Bonchev–Trinajstić information content (AvgIpc) is 2.42. The molecule has 0 bridgehead atoms. The summed E-state index contributed by atoms with van der Waals surface area (Å²) in [5, 5.41) is 21.7. The van der Waals surface area contributed by atoms with E-state index in [-0.39, 0.29) is 25.3 Å². The number of nitro groups is 1. The fourth-order valence-corrected chi connectivity index (χ4v) is 1.49. The average molecular weight is 286 g/mol. The lowest BCUT2D eigenvalue weighted by Crippen LogP contribution is -2.26. The van der Waals surface area contributed by atoms with Gasteiger partial charge in [0.15, 0.2) is 0 Å². The fourth-order valence-electron chi connectivity index (χ4n) is 1.49. The second-order valence-corrected chi connectivity index (χ2v) is 3.86. The highest BCUT2D eigenvalue weighted by Gasteiger charge is 2.20. The van der Waals surface area contributed by atoms with Gasteiger partial charge in [-0.05, 0) is 18.6 Å². The third kappa shape index (κ3) is 4.90. The van der Waals surface area contributed by atoms with E-state index in [2.05, 4.69) is 5.32 Å². The van der Waals surface area contributed by atoms with Crippen molar-refractivity contribution >= 4 is 11.6 Å². The molecule has 8 heteroatoms. The maximum Gasteiger partial charge on any atom is 0.282 e. The molecule has 0 radical (unpaired) electrons. The summed E-state index contributed by atoms with van der Waals surface area (Å²) in [6, 6.07) is 2.71. The van der Waals surface area contributed by atoms with E-state index in [1.165, 1.54) is 0 Å². The van der Waals surface area contributed by atoms with E-state index in [1.54, 1.807) is 0 Å². The molecule has 1 aromatic rings. The van der Waals surface area contributed by atoms with Crippen LogP contribution in [0, 0.1) is 15.9 Å². The number of hydrogen-bond donors (Lipinski definition) is 2. The molecule has 0 aliphatic carbocycles. The zero-order chi connectivity index (χ0) is 15.0. The lowest BCUT2D eigenvalue weighted by atomic mass is 10.1. The second kappa shape index (κ2) is 8.18. The molecule has 1 amide bonds. The van der Waals surface area contributed by atoms with Gasteiger partial charge in [0.05, 0.1) is 18.1 Å². The molecule has 0 saturated carbocycles. The summed E-state index contributed by atoms with van der Waals surface area (Å²) < 4.78 is 18.0. The number of benzene rings is 1. The van der Waals surface area contributed by atoms with Gasteiger partial charge in [0.25, 0.3) is 11.6 Å². The fraction of sp³-hybridized carbons (Fsp3) is 0.417. The molecule has 0 spiro atoms. The van der Waals surface area contributed by atoms with Crippen molar-refractivity contribution in [2.45, 2.75) is 6.42 Å². The molecule has 0 heterocycles. The largest absolute Gasteiger partial charge is 0.394 e. The molecule has 0 unspecified atom stereocenters. The van der Waals surface area contributed by atoms with Crippen molar-refractivity contribution in [2.24, 2.45) is 0 Å². The first-order chi connectivity index (χ1) is 9.56. The van der Waals surface area contributed by atoms with Gasteiger partial charge in [-0.15, -0.1) is 0 Å². The Kier molecular flexibility index (Phi) is 6.54. The highest BCUT2D eigenvalue weighted by atomic mass is 19.1. The first-order valence-corrected chi connectivity index (χ1v) is 5.97. The lowest BCUT2D eigenvalue weighted by Gasteiger charge is -2.06. The highest BCUT2D eigenvalue weighted by molar-refractivity contribution is 5.98. The van der Waals surface area contributed by atoms with Crippen LogP contribution in [0.5, 0.6) is 0 Å². The van der Waals surface area contributed by atoms with Crippen LogP contribution in [0.2, 0.25) is 0 Å². The van der Waals surface area contributed by atoms with E-state index in [9.17, 15) is 19.3 Å². The van der Waals surface area contributed by atoms with Gasteiger partial charge in [-0.2, -0.15) is 0 Å². The van der Waals surface area contributed by atoms with Crippen LogP contribution in [0.1, 0.15) is 16.8 Å². The molecule has 0 aliphatic heterocycles. The van der Waals surface area contributed by atoms with Crippen molar-refractivity contribution < 1.29 is 24.0 Å². The van der Waals surface area contributed by atoms with E-state index >= 15 is 0 Å². The monoisotopic (exact) mass is 286 g/mol. The zero-order valence-electron chi connectivity index (χ0n) is 10.7. The zero-order valence-corrected chi connectivity index (χ0v) is 10.7. The van der Waals surface area contributed by atoms with Crippen molar-refractivity contribution in [1.29, 1.82) is 0 Å². The summed E-state index contributed by atoms with van der Waals surface area (Å²) >= 11 is 0. The van der Waals surface area contributed by atoms with E-state index in [0.29, 0.717) is 13.0 Å². The molecule has 0 atom stereocenters. The number of carbonyl (C=O) groups is 1. The standard InChI is InChI=1S/C12H15FN2O5/c13-9-2-3-11(15(18)19)10(8-9)12(17)14-4-1-6-20-7-5-16/h2-3,8,16H,1,4-7H2,(H,14,17). The molecule has 1 aromatic carbocycles. The van der Waals surface area contributed by atoms with Gasteiger partial charge in [-0.25, -0.2) is 4.39 Å². The maximum atomic E-state index is 13.1. The smallest absolute Gasteiger partial charge is 0.282 e. The second-order valence-electron chi connectivity index (χ2n) is 3.86. The summed E-state index contributed by atoms with van der Waals surface area (Å²) in [7, 11) is 0. The molecular formula is C12H15FN2O5. The quantitative estimate of drug-likeness (QED) is 0.419. The Balaban J connectivity index is 2.54. The summed E-state index contributed by atoms with van der Waals surface area (Å²) in [6.45, 7) is 0.704. The number of amides is 1. The molecule has 110 valence electrons. The van der Waals surface area contributed by atoms with Gasteiger partial charge in [0.1, 0.15) is 11.4 Å². The number of rotatable bonds is 8. The van der Waals surface area contributed by atoms with E-state index in [4.69, 9.17) is 9.84 Å². The maximum absolute atomic E-state index is 13.1. The van der Waals surface area contributed by atoms with Crippen LogP contribution in [0.4, 0.5) is 10.1 Å². The molecule has 0 fully saturated rings. The number of nitro benzene ring substituents is 1. The van der Waals surface area contributed by atoms with Crippen molar-refractivity contribution in [1.82, 2.24) is 5.32 Å². The molecule has 1 rings (SSSR count). The minimum Gasteiger partial charge on any atom is -0.394 e. The first-order valence-electron chi connectivity index (χ1n) is 5.97. The summed E-state index contributed by atoms with van der Waals surface area (Å²) in [6.07, 6.45) is 0.481. The van der Waals surface area contributed by atoms with E-state index < -0.39 is 22.3 Å². The number of aliphatic hydroxyl groups excluding tert-OH is 1. The van der Waals surface area contributed by atoms with Gasteiger partial charge < -0.3 is 15.2 Å². The van der Waals surface area contributed by atoms with Gasteiger partial charge in [0, 0.05) is 19.2 Å². The predicted octanol–water partition coefficient (Wildman–Crippen LogP) is 0.863. The van der Waals surface area contributed by atoms with Crippen molar-refractivity contribution in [3.05, 3.63) is 39.7 Å². The molecule has 0 aromatic heterocycles. The van der Waals surface area contributed by atoms with Gasteiger partial charge >= 0.3 is 0 Å². The third-order valence-electron chi connectivity index (χ3n) is 2.39. The number of carbonyl (C=O) groups excluding carboxylic acids is 1. The Bertz CT molecular complexity index is 481. The Morgan fingerprint density at radius 1 is 1.45 bits per heavy atom. The molecule has 0 saturated heterocycles. The van der Waals surface area contributed by atoms with Gasteiger partial charge in [-0.1, -0.05) is 0 Å². The van der Waals surface area contributed by atoms with Crippen LogP contribution >= 0.6 is 0 Å². The van der Waals surface area contributed by atoms with Gasteiger partial charge in [-0.3, -0.25) is 14.9 Å². The number of halogens is 1. The highest BCUT2D eigenvalue weighted by Crippen LogP contribution is 2.19. The normalized spacial score (nSPS) is 10.3. The van der Waals surface area contributed by atoms with E-state index in [0.717, 1.165) is 18.2 Å². The number of nitrogens with one attached hydrogen (secondary N) is 1. The molecule has 0 aliphatic rings. The number of aliphatic hydroxyl groups is 1.